The summed E-state index contributed by atoms with van der Waals surface area (Å²) in [6.07, 6.45) is 8.08. The molecule has 1 fully saturated rings. The molecule has 0 bridgehead atoms. The van der Waals surface area contributed by atoms with E-state index in [2.05, 4.69) is 0 Å². The van der Waals surface area contributed by atoms with Crippen molar-refractivity contribution >= 4 is 5.97 Å². The summed E-state index contributed by atoms with van der Waals surface area (Å²) >= 11 is 0. The SMILES string of the molecule is N#Cc1ccc(C(=O)OC2CCCCCCC2)cc1. The Balaban J connectivity index is 1.93. The number of carbonyl (C=O) groups is 1. The Kier molecular flexibility index (Phi) is 4.97. The number of carbonyl (C=O) groups excluding carboxylic acids is 1. The van der Waals surface area contributed by atoms with Gasteiger partial charge in [0.1, 0.15) is 6.10 Å². The second-order valence-corrected chi connectivity index (χ2v) is 5.06. The van der Waals surface area contributed by atoms with E-state index < -0.39 is 0 Å². The first kappa shape index (κ1) is 13.6. The number of nitriles is 1. The Morgan fingerprint density at radius 3 is 2.21 bits per heavy atom. The molecular weight excluding hydrogens is 238 g/mol. The predicted octanol–water partition coefficient (Wildman–Crippen LogP) is 3.83. The van der Waals surface area contributed by atoms with Crippen LogP contribution in [-0.4, -0.2) is 12.1 Å². The van der Waals surface area contributed by atoms with E-state index in [0.29, 0.717) is 11.1 Å². The van der Waals surface area contributed by atoms with Crippen LogP contribution in [0.4, 0.5) is 0 Å². The van der Waals surface area contributed by atoms with Crippen molar-refractivity contribution in [3.63, 3.8) is 0 Å². The molecule has 0 atom stereocenters. The molecule has 0 radical (unpaired) electrons. The second-order valence-electron chi connectivity index (χ2n) is 5.06. The smallest absolute Gasteiger partial charge is 0.338 e. The molecule has 0 spiro atoms. The third-order valence-corrected chi connectivity index (χ3v) is 3.58. The summed E-state index contributed by atoms with van der Waals surface area (Å²) < 4.78 is 5.56. The zero-order chi connectivity index (χ0) is 13.5. The van der Waals surface area contributed by atoms with Gasteiger partial charge < -0.3 is 4.74 Å². The first-order chi connectivity index (χ1) is 9.29. The number of ether oxygens (including phenoxy) is 1. The quantitative estimate of drug-likeness (QED) is 0.756. The topological polar surface area (TPSA) is 50.1 Å². The van der Waals surface area contributed by atoms with Crippen LogP contribution in [-0.2, 0) is 4.74 Å². The van der Waals surface area contributed by atoms with E-state index in [1.807, 2.05) is 6.07 Å². The molecule has 3 nitrogen and oxygen atoms in total. The fourth-order valence-corrected chi connectivity index (χ4v) is 2.44. The molecule has 2 rings (SSSR count). The first-order valence-corrected chi connectivity index (χ1v) is 7.01. The predicted molar refractivity (Wildman–Crippen MR) is 72.7 cm³/mol. The summed E-state index contributed by atoms with van der Waals surface area (Å²) in [4.78, 5) is 12.0. The van der Waals surface area contributed by atoms with Gasteiger partial charge in [0, 0.05) is 0 Å². The first-order valence-electron chi connectivity index (χ1n) is 7.01. The van der Waals surface area contributed by atoms with Crippen LogP contribution < -0.4 is 0 Å². The van der Waals surface area contributed by atoms with Crippen molar-refractivity contribution in [2.45, 2.75) is 51.0 Å². The summed E-state index contributed by atoms with van der Waals surface area (Å²) in [5.41, 5.74) is 1.09. The Labute approximate surface area is 114 Å². The minimum Gasteiger partial charge on any atom is -0.459 e. The van der Waals surface area contributed by atoms with E-state index in [-0.39, 0.29) is 12.1 Å². The summed E-state index contributed by atoms with van der Waals surface area (Å²) in [5, 5.41) is 8.72. The molecule has 0 aliphatic heterocycles. The lowest BCUT2D eigenvalue weighted by atomic mass is 9.98. The molecule has 0 saturated heterocycles. The highest BCUT2D eigenvalue weighted by atomic mass is 16.5. The zero-order valence-corrected chi connectivity index (χ0v) is 11.1. The van der Waals surface area contributed by atoms with Gasteiger partial charge in [-0.2, -0.15) is 5.26 Å². The average molecular weight is 257 g/mol. The van der Waals surface area contributed by atoms with Crippen molar-refractivity contribution in [1.82, 2.24) is 0 Å². The number of hydrogen-bond donors (Lipinski definition) is 0. The Morgan fingerprint density at radius 2 is 1.63 bits per heavy atom. The van der Waals surface area contributed by atoms with E-state index >= 15 is 0 Å². The molecule has 100 valence electrons. The molecule has 1 aliphatic carbocycles. The molecule has 1 aromatic rings. The Bertz CT molecular complexity index is 451. The monoisotopic (exact) mass is 257 g/mol. The molecule has 1 aromatic carbocycles. The van der Waals surface area contributed by atoms with E-state index in [9.17, 15) is 4.79 Å². The maximum atomic E-state index is 12.0. The van der Waals surface area contributed by atoms with Gasteiger partial charge in [-0.25, -0.2) is 4.79 Å². The molecule has 0 unspecified atom stereocenters. The van der Waals surface area contributed by atoms with E-state index in [4.69, 9.17) is 10.00 Å². The third kappa shape index (κ3) is 4.10. The molecule has 3 heteroatoms. The molecular formula is C16H19NO2. The lowest BCUT2D eigenvalue weighted by Gasteiger charge is -2.20. The van der Waals surface area contributed by atoms with Crippen LogP contribution in [0.5, 0.6) is 0 Å². The molecule has 0 N–H and O–H groups in total. The fraction of sp³-hybridized carbons (Fsp3) is 0.500. The van der Waals surface area contributed by atoms with Gasteiger partial charge in [-0.1, -0.05) is 19.3 Å². The standard InChI is InChI=1S/C16H19NO2/c17-12-13-8-10-14(11-9-13)16(18)19-15-6-4-2-1-3-5-7-15/h8-11,15H,1-7H2. The third-order valence-electron chi connectivity index (χ3n) is 3.58. The molecule has 0 heterocycles. The molecule has 19 heavy (non-hydrogen) atoms. The van der Waals surface area contributed by atoms with Crippen molar-refractivity contribution in [3.05, 3.63) is 35.4 Å². The minimum absolute atomic E-state index is 0.0587. The zero-order valence-electron chi connectivity index (χ0n) is 11.1. The van der Waals surface area contributed by atoms with Gasteiger partial charge >= 0.3 is 5.97 Å². The van der Waals surface area contributed by atoms with Gasteiger partial charge in [0.15, 0.2) is 0 Å². The van der Waals surface area contributed by atoms with Crippen LogP contribution in [0, 0.1) is 11.3 Å². The molecule has 0 amide bonds. The number of hydrogen-bond acceptors (Lipinski definition) is 3. The largest absolute Gasteiger partial charge is 0.459 e. The number of esters is 1. The summed E-state index contributed by atoms with van der Waals surface area (Å²) in [6, 6.07) is 8.65. The number of nitrogens with zero attached hydrogens (tertiary/aromatic N) is 1. The van der Waals surface area contributed by atoms with Gasteiger partial charge in [-0.3, -0.25) is 0 Å². The highest BCUT2D eigenvalue weighted by Crippen LogP contribution is 2.20. The van der Waals surface area contributed by atoms with E-state index in [0.717, 1.165) is 25.7 Å². The van der Waals surface area contributed by atoms with Crippen molar-refractivity contribution in [3.8, 4) is 6.07 Å². The lowest BCUT2D eigenvalue weighted by molar-refractivity contribution is 0.0239. The van der Waals surface area contributed by atoms with Gasteiger partial charge in [0.05, 0.1) is 17.2 Å². The normalized spacial score (nSPS) is 17.0. The average Bonchev–Trinajstić information content (AvgIpc) is 2.41. The van der Waals surface area contributed by atoms with Crippen molar-refractivity contribution in [1.29, 1.82) is 5.26 Å². The van der Waals surface area contributed by atoms with Crippen LogP contribution in [0.3, 0.4) is 0 Å². The second kappa shape index (κ2) is 6.94. The van der Waals surface area contributed by atoms with Crippen LogP contribution in [0.15, 0.2) is 24.3 Å². The summed E-state index contributed by atoms with van der Waals surface area (Å²) in [6.45, 7) is 0. The number of benzene rings is 1. The van der Waals surface area contributed by atoms with Crippen LogP contribution in [0.1, 0.15) is 60.9 Å². The molecule has 0 aromatic heterocycles. The highest BCUT2D eigenvalue weighted by Gasteiger charge is 2.17. The van der Waals surface area contributed by atoms with Crippen LogP contribution in [0.2, 0.25) is 0 Å². The Hall–Kier alpha value is -1.82. The maximum absolute atomic E-state index is 12.0. The Morgan fingerprint density at radius 1 is 1.05 bits per heavy atom. The highest BCUT2D eigenvalue weighted by molar-refractivity contribution is 5.89. The lowest BCUT2D eigenvalue weighted by Crippen LogP contribution is -2.19. The van der Waals surface area contributed by atoms with Crippen LogP contribution in [0.25, 0.3) is 0 Å². The van der Waals surface area contributed by atoms with Gasteiger partial charge in [0.2, 0.25) is 0 Å². The van der Waals surface area contributed by atoms with Gasteiger partial charge in [-0.05, 0) is 49.9 Å². The van der Waals surface area contributed by atoms with E-state index in [1.54, 1.807) is 24.3 Å². The number of rotatable bonds is 2. The van der Waals surface area contributed by atoms with Crippen molar-refractivity contribution in [2.24, 2.45) is 0 Å². The van der Waals surface area contributed by atoms with Crippen LogP contribution >= 0.6 is 0 Å². The summed E-state index contributed by atoms with van der Waals surface area (Å²) in [5.74, 6) is -0.268. The summed E-state index contributed by atoms with van der Waals surface area (Å²) in [7, 11) is 0. The fourth-order valence-electron chi connectivity index (χ4n) is 2.44. The van der Waals surface area contributed by atoms with E-state index in [1.165, 1.54) is 19.3 Å². The minimum atomic E-state index is -0.268. The maximum Gasteiger partial charge on any atom is 0.338 e. The van der Waals surface area contributed by atoms with Crippen molar-refractivity contribution < 1.29 is 9.53 Å². The van der Waals surface area contributed by atoms with Gasteiger partial charge in [-0.15, -0.1) is 0 Å². The molecule has 1 aliphatic rings. The van der Waals surface area contributed by atoms with Crippen molar-refractivity contribution in [2.75, 3.05) is 0 Å². The molecule has 1 saturated carbocycles. The van der Waals surface area contributed by atoms with Gasteiger partial charge in [0.25, 0.3) is 0 Å².